The van der Waals surface area contributed by atoms with Gasteiger partial charge >= 0.3 is 0 Å². The summed E-state index contributed by atoms with van der Waals surface area (Å²) in [4.78, 5) is 14.8. The Balaban J connectivity index is 1.46. The van der Waals surface area contributed by atoms with Crippen molar-refractivity contribution in [2.24, 2.45) is 0 Å². The lowest BCUT2D eigenvalue weighted by Gasteiger charge is -2.33. The number of methoxy groups -OCH3 is 1. The van der Waals surface area contributed by atoms with Gasteiger partial charge in [0.2, 0.25) is 0 Å². The van der Waals surface area contributed by atoms with Crippen LogP contribution in [-0.2, 0) is 0 Å². The van der Waals surface area contributed by atoms with Gasteiger partial charge in [0.05, 0.1) is 18.9 Å². The number of likely N-dealkylation sites (tertiary alicyclic amines) is 1. The highest BCUT2D eigenvalue weighted by atomic mass is 19.1. The van der Waals surface area contributed by atoms with Crippen LogP contribution in [0.15, 0.2) is 60.9 Å². The molecule has 1 aromatic heterocycles. The number of rotatable bonds is 5. The topological polar surface area (TPSA) is 59.4 Å². The van der Waals surface area contributed by atoms with E-state index in [-0.39, 0.29) is 17.8 Å². The van der Waals surface area contributed by atoms with Gasteiger partial charge in [0, 0.05) is 31.0 Å². The van der Waals surface area contributed by atoms with Crippen LogP contribution >= 0.6 is 0 Å². The Morgan fingerprint density at radius 3 is 2.93 bits per heavy atom. The van der Waals surface area contributed by atoms with E-state index in [9.17, 15) is 9.18 Å². The van der Waals surface area contributed by atoms with Gasteiger partial charge in [-0.3, -0.25) is 4.79 Å². The van der Waals surface area contributed by atoms with Gasteiger partial charge in [0.25, 0.3) is 5.91 Å². The number of aromatic nitrogens is 2. The number of ether oxygens (including phenoxy) is 1. The van der Waals surface area contributed by atoms with E-state index in [1.165, 1.54) is 12.1 Å². The average Bonchev–Trinajstić information content (AvgIpc) is 3.23. The molecule has 2 aromatic carbocycles. The van der Waals surface area contributed by atoms with E-state index in [1.54, 1.807) is 30.3 Å². The molecule has 3 aromatic rings. The number of piperidine rings is 1. The van der Waals surface area contributed by atoms with Gasteiger partial charge in [0.15, 0.2) is 0 Å². The monoisotopic (exact) mass is 394 g/mol. The van der Waals surface area contributed by atoms with Crippen LogP contribution in [-0.4, -0.2) is 46.8 Å². The number of anilines is 1. The van der Waals surface area contributed by atoms with E-state index in [2.05, 4.69) is 10.4 Å². The van der Waals surface area contributed by atoms with Crippen molar-refractivity contribution in [2.45, 2.75) is 18.9 Å². The molecular weight excluding hydrogens is 371 g/mol. The molecule has 1 unspecified atom stereocenters. The number of amides is 1. The van der Waals surface area contributed by atoms with Crippen LogP contribution in [0.5, 0.6) is 5.75 Å². The van der Waals surface area contributed by atoms with E-state index < -0.39 is 0 Å². The van der Waals surface area contributed by atoms with Crippen LogP contribution in [0, 0.1) is 5.82 Å². The summed E-state index contributed by atoms with van der Waals surface area (Å²) in [6.45, 7) is 1.26. The number of hydrogen-bond donors (Lipinski definition) is 1. The van der Waals surface area contributed by atoms with E-state index >= 15 is 0 Å². The van der Waals surface area contributed by atoms with Crippen LogP contribution in [0.4, 0.5) is 10.1 Å². The lowest BCUT2D eigenvalue weighted by molar-refractivity contribution is 0.0715. The second kappa shape index (κ2) is 8.34. The Morgan fingerprint density at radius 1 is 1.24 bits per heavy atom. The molecule has 150 valence electrons. The number of nitrogens with zero attached hydrogens (tertiary/aromatic N) is 3. The molecule has 0 bridgehead atoms. The minimum atomic E-state index is -0.275. The third kappa shape index (κ3) is 4.23. The Hall–Kier alpha value is -3.35. The number of carbonyl (C=O) groups is 1. The summed E-state index contributed by atoms with van der Waals surface area (Å²) in [7, 11) is 1.61. The molecule has 6 nitrogen and oxygen atoms in total. The number of carbonyl (C=O) groups excluding carboxylic acids is 1. The minimum Gasteiger partial charge on any atom is -0.494 e. The largest absolute Gasteiger partial charge is 0.494 e. The molecule has 0 aliphatic carbocycles. The standard InChI is InChI=1S/C22H23FN4O2/c1-29-21-10-3-2-9-20(21)27-14-16(13-24-27)22(28)26-11-5-8-19(15-26)25-18-7-4-6-17(23)12-18/h2-4,6-7,9-10,12-14,19,25H,5,8,11,15H2,1H3. The maximum atomic E-state index is 13.4. The fourth-order valence-corrected chi connectivity index (χ4v) is 3.66. The van der Waals surface area contributed by atoms with Crippen molar-refractivity contribution in [2.75, 3.05) is 25.5 Å². The normalized spacial score (nSPS) is 16.5. The predicted molar refractivity (Wildman–Crippen MR) is 109 cm³/mol. The predicted octanol–water partition coefficient (Wildman–Crippen LogP) is 3.74. The third-order valence-electron chi connectivity index (χ3n) is 5.07. The lowest BCUT2D eigenvalue weighted by Crippen LogP contribution is -2.45. The van der Waals surface area contributed by atoms with Gasteiger partial charge in [-0.1, -0.05) is 18.2 Å². The van der Waals surface area contributed by atoms with Gasteiger partial charge in [-0.25, -0.2) is 9.07 Å². The summed E-state index contributed by atoms with van der Waals surface area (Å²) < 4.78 is 20.4. The summed E-state index contributed by atoms with van der Waals surface area (Å²) in [5.74, 6) is 0.353. The van der Waals surface area contributed by atoms with Gasteiger partial charge in [-0.2, -0.15) is 5.10 Å². The highest BCUT2D eigenvalue weighted by Gasteiger charge is 2.25. The lowest BCUT2D eigenvalue weighted by atomic mass is 10.0. The zero-order chi connectivity index (χ0) is 20.2. The SMILES string of the molecule is COc1ccccc1-n1cc(C(=O)N2CCCC(Nc3cccc(F)c3)C2)cn1. The van der Waals surface area contributed by atoms with Gasteiger partial charge < -0.3 is 15.0 Å². The second-order valence-electron chi connectivity index (χ2n) is 7.09. The Morgan fingerprint density at radius 2 is 2.10 bits per heavy atom. The third-order valence-corrected chi connectivity index (χ3v) is 5.07. The molecule has 1 atom stereocenters. The van der Waals surface area contributed by atoms with Crippen molar-refractivity contribution in [3.63, 3.8) is 0 Å². The Bertz CT molecular complexity index is 1000. The fraction of sp³-hybridized carbons (Fsp3) is 0.273. The summed E-state index contributed by atoms with van der Waals surface area (Å²) in [6.07, 6.45) is 5.13. The molecule has 4 rings (SSSR count). The molecule has 1 N–H and O–H groups in total. The zero-order valence-electron chi connectivity index (χ0n) is 16.2. The molecule has 2 heterocycles. The smallest absolute Gasteiger partial charge is 0.257 e. The van der Waals surface area contributed by atoms with Crippen molar-refractivity contribution in [3.05, 3.63) is 72.3 Å². The maximum absolute atomic E-state index is 13.4. The first kappa shape index (κ1) is 19.0. The summed E-state index contributed by atoms with van der Waals surface area (Å²) in [6, 6.07) is 14.0. The molecule has 1 aliphatic heterocycles. The molecular formula is C22H23FN4O2. The Labute approximate surface area is 168 Å². The molecule has 1 amide bonds. The van der Waals surface area contributed by atoms with Crippen molar-refractivity contribution in [3.8, 4) is 11.4 Å². The molecule has 0 saturated carbocycles. The maximum Gasteiger partial charge on any atom is 0.257 e. The van der Waals surface area contributed by atoms with Crippen LogP contribution in [0.25, 0.3) is 5.69 Å². The zero-order valence-corrected chi connectivity index (χ0v) is 16.2. The van der Waals surface area contributed by atoms with Crippen LogP contribution in [0.1, 0.15) is 23.2 Å². The van der Waals surface area contributed by atoms with Gasteiger partial charge in [-0.05, 0) is 43.2 Å². The minimum absolute atomic E-state index is 0.0584. The number of nitrogens with one attached hydrogen (secondary N) is 1. The quantitative estimate of drug-likeness (QED) is 0.716. The molecule has 7 heteroatoms. The van der Waals surface area contributed by atoms with Gasteiger partial charge in [0.1, 0.15) is 17.3 Å². The van der Waals surface area contributed by atoms with Crippen LogP contribution in [0.3, 0.4) is 0 Å². The van der Waals surface area contributed by atoms with Crippen LogP contribution in [0.2, 0.25) is 0 Å². The Kier molecular flexibility index (Phi) is 5.46. The van der Waals surface area contributed by atoms with E-state index in [0.717, 1.165) is 24.2 Å². The summed E-state index contributed by atoms with van der Waals surface area (Å²) >= 11 is 0. The first-order valence-electron chi connectivity index (χ1n) is 9.63. The van der Waals surface area contributed by atoms with Crippen LogP contribution < -0.4 is 10.1 Å². The van der Waals surface area contributed by atoms with E-state index in [4.69, 9.17) is 4.74 Å². The van der Waals surface area contributed by atoms with E-state index in [1.807, 2.05) is 35.2 Å². The number of para-hydroxylation sites is 2. The summed E-state index contributed by atoms with van der Waals surface area (Å²) in [5.41, 5.74) is 2.04. The molecule has 29 heavy (non-hydrogen) atoms. The number of benzene rings is 2. The van der Waals surface area contributed by atoms with Gasteiger partial charge in [-0.15, -0.1) is 0 Å². The molecule has 0 radical (unpaired) electrons. The first-order chi connectivity index (χ1) is 14.1. The fourth-order valence-electron chi connectivity index (χ4n) is 3.66. The van der Waals surface area contributed by atoms with E-state index in [0.29, 0.717) is 24.4 Å². The number of halogens is 1. The highest BCUT2D eigenvalue weighted by Crippen LogP contribution is 2.23. The van der Waals surface area contributed by atoms with Crippen molar-refractivity contribution in [1.82, 2.24) is 14.7 Å². The van der Waals surface area contributed by atoms with Crippen molar-refractivity contribution >= 4 is 11.6 Å². The highest BCUT2D eigenvalue weighted by molar-refractivity contribution is 5.94. The van der Waals surface area contributed by atoms with Crippen molar-refractivity contribution < 1.29 is 13.9 Å². The second-order valence-corrected chi connectivity index (χ2v) is 7.09. The first-order valence-corrected chi connectivity index (χ1v) is 9.63. The van der Waals surface area contributed by atoms with Crippen molar-refractivity contribution in [1.29, 1.82) is 0 Å². The molecule has 1 fully saturated rings. The summed E-state index contributed by atoms with van der Waals surface area (Å²) in [5, 5.41) is 7.67. The molecule has 1 saturated heterocycles. The average molecular weight is 394 g/mol. The molecule has 0 spiro atoms. The molecule has 1 aliphatic rings. The number of hydrogen-bond acceptors (Lipinski definition) is 4.